The Morgan fingerprint density at radius 3 is 1.42 bits per heavy atom. The topological polar surface area (TPSA) is 149 Å². The van der Waals surface area contributed by atoms with E-state index in [1.54, 1.807) is 12.7 Å². The van der Waals surface area contributed by atoms with Crippen LogP contribution in [-0.4, -0.2) is 30.8 Å². The van der Waals surface area contributed by atoms with Crippen molar-refractivity contribution in [2.24, 2.45) is 11.5 Å². The van der Waals surface area contributed by atoms with Crippen LogP contribution in [0, 0.1) is 10.8 Å². The lowest BCUT2D eigenvalue weighted by Gasteiger charge is -2.13. The van der Waals surface area contributed by atoms with Gasteiger partial charge in [0, 0.05) is 22.3 Å². The van der Waals surface area contributed by atoms with Gasteiger partial charge in [-0.25, -0.2) is 9.97 Å². The number of furan rings is 1. The molecule has 11 heteroatoms. The molecule has 9 nitrogen and oxygen atoms in total. The molecule has 0 aliphatic rings. The SMILES string of the molecule is Cl.Cl.N=C(N)c1ccc(-c2ccc(-c3ccc(C(=N)N)cc3-n3cnc4ccccc43)o2)c(-n2cnc3ccccc32)c1. The van der Waals surface area contributed by atoms with Gasteiger partial charge in [0.2, 0.25) is 0 Å². The Balaban J connectivity index is 0.00000184. The van der Waals surface area contributed by atoms with Crippen molar-refractivity contribution >= 4 is 58.6 Å². The van der Waals surface area contributed by atoms with Crippen molar-refractivity contribution in [3.63, 3.8) is 0 Å². The maximum atomic E-state index is 8.01. The summed E-state index contributed by atoms with van der Waals surface area (Å²) in [6, 6.07) is 30.8. The summed E-state index contributed by atoms with van der Waals surface area (Å²) in [7, 11) is 0. The number of hydrogen-bond donors (Lipinski definition) is 4. The lowest BCUT2D eigenvalue weighted by atomic mass is 10.1. The summed E-state index contributed by atoms with van der Waals surface area (Å²) in [4.78, 5) is 9.11. The molecular weight excluding hydrogens is 583 g/mol. The van der Waals surface area contributed by atoms with E-state index in [0.717, 1.165) is 44.6 Å². The number of nitrogens with zero attached hydrogens (tertiary/aromatic N) is 4. The highest BCUT2D eigenvalue weighted by Gasteiger charge is 2.19. The van der Waals surface area contributed by atoms with E-state index in [4.69, 9.17) is 26.7 Å². The predicted octanol–water partition coefficient (Wildman–Crippen LogP) is 6.70. The van der Waals surface area contributed by atoms with E-state index in [0.29, 0.717) is 22.6 Å². The zero-order chi connectivity index (χ0) is 28.1. The largest absolute Gasteiger partial charge is 0.456 e. The zero-order valence-corrected chi connectivity index (χ0v) is 24.2. The minimum Gasteiger partial charge on any atom is -0.456 e. The molecular formula is C32H26Cl2N8O. The van der Waals surface area contributed by atoms with Crippen LogP contribution in [0.5, 0.6) is 0 Å². The first-order valence-electron chi connectivity index (χ1n) is 12.9. The third kappa shape index (κ3) is 5.01. The molecule has 43 heavy (non-hydrogen) atoms. The van der Waals surface area contributed by atoms with Gasteiger partial charge in [-0.2, -0.15) is 0 Å². The second-order valence-electron chi connectivity index (χ2n) is 9.66. The number of amidine groups is 2. The van der Waals surface area contributed by atoms with Gasteiger partial charge in [0.05, 0.1) is 33.4 Å². The van der Waals surface area contributed by atoms with Crippen LogP contribution in [0.2, 0.25) is 0 Å². The molecule has 0 atom stereocenters. The van der Waals surface area contributed by atoms with Gasteiger partial charge < -0.3 is 15.9 Å². The normalized spacial score (nSPS) is 10.8. The van der Waals surface area contributed by atoms with Gasteiger partial charge in [0.1, 0.15) is 35.8 Å². The van der Waals surface area contributed by atoms with E-state index in [2.05, 4.69) is 9.97 Å². The van der Waals surface area contributed by atoms with Gasteiger partial charge in [-0.1, -0.05) is 36.4 Å². The van der Waals surface area contributed by atoms with Crippen LogP contribution in [0.4, 0.5) is 0 Å². The van der Waals surface area contributed by atoms with Crippen molar-refractivity contribution in [3.8, 4) is 34.0 Å². The molecule has 0 fully saturated rings. The second-order valence-corrected chi connectivity index (χ2v) is 9.66. The van der Waals surface area contributed by atoms with E-state index >= 15 is 0 Å². The zero-order valence-electron chi connectivity index (χ0n) is 22.6. The number of fused-ring (bicyclic) bond motifs is 2. The number of aromatic nitrogens is 4. The summed E-state index contributed by atoms with van der Waals surface area (Å²) < 4.78 is 10.5. The standard InChI is InChI=1S/C32H24N8O.2ClH/c33-31(34)19-9-11-21(27(15-19)39-17-37-23-5-1-3-7-25(23)39)29-13-14-30(41-29)22-12-10-20(32(35)36)16-28(22)40-18-38-24-6-2-4-8-26(24)40;;/h1-18H,(H3,33,34)(H3,35,36);2*1H. The minimum absolute atomic E-state index is 0. The van der Waals surface area contributed by atoms with Crippen LogP contribution in [0.1, 0.15) is 11.1 Å². The number of para-hydroxylation sites is 4. The maximum Gasteiger partial charge on any atom is 0.136 e. The Kier molecular flexibility index (Phi) is 7.78. The van der Waals surface area contributed by atoms with E-state index in [1.165, 1.54) is 0 Å². The Labute approximate surface area is 258 Å². The monoisotopic (exact) mass is 608 g/mol. The highest BCUT2D eigenvalue weighted by molar-refractivity contribution is 5.98. The number of benzene rings is 4. The number of nitrogen functional groups attached to an aromatic ring is 2. The molecule has 3 heterocycles. The summed E-state index contributed by atoms with van der Waals surface area (Å²) in [5.41, 5.74) is 19.7. The number of nitrogens with two attached hydrogens (primary N) is 2. The number of halogens is 2. The van der Waals surface area contributed by atoms with E-state index in [1.807, 2.05) is 106 Å². The fourth-order valence-electron chi connectivity index (χ4n) is 5.14. The molecule has 0 amide bonds. The van der Waals surface area contributed by atoms with Gasteiger partial charge in [0.25, 0.3) is 0 Å². The third-order valence-corrected chi connectivity index (χ3v) is 7.18. The molecule has 0 aliphatic carbocycles. The van der Waals surface area contributed by atoms with Crippen LogP contribution < -0.4 is 11.5 Å². The maximum absolute atomic E-state index is 8.01. The highest BCUT2D eigenvalue weighted by Crippen LogP contribution is 2.37. The smallest absolute Gasteiger partial charge is 0.136 e. The Morgan fingerprint density at radius 2 is 1.00 bits per heavy atom. The van der Waals surface area contributed by atoms with Crippen molar-refractivity contribution in [3.05, 3.63) is 121 Å². The molecule has 0 unspecified atom stereocenters. The lowest BCUT2D eigenvalue weighted by Crippen LogP contribution is -2.12. The summed E-state index contributed by atoms with van der Waals surface area (Å²) in [6.45, 7) is 0. The molecule has 0 radical (unpaired) electrons. The van der Waals surface area contributed by atoms with E-state index in [9.17, 15) is 0 Å². The molecule has 6 N–H and O–H groups in total. The molecule has 0 aliphatic heterocycles. The van der Waals surface area contributed by atoms with Crippen molar-refractivity contribution in [1.82, 2.24) is 19.1 Å². The quantitative estimate of drug-likeness (QED) is 0.122. The molecule has 214 valence electrons. The molecule has 3 aromatic heterocycles. The molecule has 0 bridgehead atoms. The average Bonchev–Trinajstić information content (AvgIpc) is 3.75. The van der Waals surface area contributed by atoms with Crippen molar-refractivity contribution < 1.29 is 4.42 Å². The van der Waals surface area contributed by atoms with Crippen molar-refractivity contribution in [2.75, 3.05) is 0 Å². The van der Waals surface area contributed by atoms with Gasteiger partial charge in [-0.3, -0.25) is 20.0 Å². The fraction of sp³-hybridized carbons (Fsp3) is 0. The van der Waals surface area contributed by atoms with Gasteiger partial charge >= 0.3 is 0 Å². The number of hydrogen-bond acceptors (Lipinski definition) is 5. The van der Waals surface area contributed by atoms with Crippen molar-refractivity contribution in [2.45, 2.75) is 0 Å². The summed E-state index contributed by atoms with van der Waals surface area (Å²) in [5.74, 6) is 1.23. The minimum atomic E-state index is -0.0230. The van der Waals surface area contributed by atoms with Crippen molar-refractivity contribution in [1.29, 1.82) is 10.8 Å². The van der Waals surface area contributed by atoms with Crippen LogP contribution >= 0.6 is 24.8 Å². The average molecular weight is 610 g/mol. The summed E-state index contributed by atoms with van der Waals surface area (Å²) >= 11 is 0. The summed E-state index contributed by atoms with van der Waals surface area (Å²) in [6.07, 6.45) is 3.53. The first-order valence-corrected chi connectivity index (χ1v) is 12.9. The highest BCUT2D eigenvalue weighted by atomic mass is 35.5. The third-order valence-electron chi connectivity index (χ3n) is 7.18. The molecule has 0 saturated carbocycles. The molecule has 7 aromatic rings. The molecule has 0 saturated heterocycles. The lowest BCUT2D eigenvalue weighted by molar-refractivity contribution is 0.596. The number of rotatable bonds is 6. The summed E-state index contributed by atoms with van der Waals surface area (Å²) in [5, 5.41) is 16.0. The Bertz CT molecular complexity index is 1990. The first kappa shape index (κ1) is 29.1. The molecule has 4 aromatic carbocycles. The first-order chi connectivity index (χ1) is 20.0. The Hall–Kier alpha value is -5.38. The van der Waals surface area contributed by atoms with E-state index in [-0.39, 0.29) is 36.5 Å². The second kappa shape index (κ2) is 11.5. The Morgan fingerprint density at radius 1 is 0.581 bits per heavy atom. The number of imidazole rings is 2. The van der Waals surface area contributed by atoms with Crippen LogP contribution in [-0.2, 0) is 0 Å². The van der Waals surface area contributed by atoms with Gasteiger partial charge in [-0.15, -0.1) is 24.8 Å². The predicted molar refractivity (Wildman–Crippen MR) is 175 cm³/mol. The van der Waals surface area contributed by atoms with Gasteiger partial charge in [0.15, 0.2) is 0 Å². The van der Waals surface area contributed by atoms with Gasteiger partial charge in [-0.05, 0) is 60.7 Å². The molecule has 0 spiro atoms. The van der Waals surface area contributed by atoms with Crippen LogP contribution in [0.25, 0.3) is 56.1 Å². The molecule has 7 rings (SSSR count). The van der Waals surface area contributed by atoms with E-state index < -0.39 is 0 Å². The number of nitrogens with one attached hydrogen (secondary N) is 2. The fourth-order valence-corrected chi connectivity index (χ4v) is 5.14. The van der Waals surface area contributed by atoms with Crippen LogP contribution in [0.15, 0.2) is 114 Å². The van der Waals surface area contributed by atoms with Crippen LogP contribution in [0.3, 0.4) is 0 Å².